The van der Waals surface area contributed by atoms with E-state index >= 15 is 0 Å². The standard InChI is InChI=1S/C19H28N2O3Si/c1-19(2,3)25(4,5)23-12-17-16(22)10-11-18(24-17)21-13-20-14-8-6-7-9-15(14)21/h6-11,13,16-18,22H,12H2,1-5H3/t16-,17+,18+/m1/s1. The lowest BCUT2D eigenvalue weighted by Crippen LogP contribution is -2.46. The first-order valence-electron chi connectivity index (χ1n) is 8.76. The summed E-state index contributed by atoms with van der Waals surface area (Å²) in [6, 6.07) is 7.95. The SMILES string of the molecule is CC(C)(C)[Si](C)(C)OC[C@@H]1O[C@H](n2cnc3ccccc32)C=C[C@H]1O. The van der Waals surface area contributed by atoms with E-state index in [9.17, 15) is 5.11 Å². The van der Waals surface area contributed by atoms with Crippen molar-refractivity contribution in [1.82, 2.24) is 9.55 Å². The minimum Gasteiger partial charge on any atom is -0.414 e. The molecule has 5 nitrogen and oxygen atoms in total. The molecule has 0 aliphatic carbocycles. The minimum atomic E-state index is -1.88. The number of benzene rings is 1. The minimum absolute atomic E-state index is 0.127. The van der Waals surface area contributed by atoms with E-state index < -0.39 is 14.4 Å². The Bertz CT molecular complexity index is 763. The van der Waals surface area contributed by atoms with E-state index in [0.29, 0.717) is 6.61 Å². The van der Waals surface area contributed by atoms with Crippen LogP contribution in [0, 0.1) is 0 Å². The van der Waals surface area contributed by atoms with Crippen molar-refractivity contribution in [1.29, 1.82) is 0 Å². The largest absolute Gasteiger partial charge is 0.414 e. The molecule has 0 unspecified atom stereocenters. The van der Waals surface area contributed by atoms with E-state index in [1.807, 2.05) is 34.9 Å². The van der Waals surface area contributed by atoms with Crippen molar-refractivity contribution in [3.05, 3.63) is 42.7 Å². The Hall–Kier alpha value is -1.47. The molecule has 0 saturated carbocycles. The van der Waals surface area contributed by atoms with Gasteiger partial charge in [0.25, 0.3) is 0 Å². The second-order valence-electron chi connectivity index (χ2n) is 8.15. The summed E-state index contributed by atoms with van der Waals surface area (Å²) in [5.41, 5.74) is 1.94. The highest BCUT2D eigenvalue weighted by molar-refractivity contribution is 6.74. The Kier molecular flexibility index (Phi) is 4.90. The Morgan fingerprint density at radius 1 is 1.24 bits per heavy atom. The van der Waals surface area contributed by atoms with Crippen LogP contribution in [-0.4, -0.2) is 41.8 Å². The number of rotatable bonds is 4. The van der Waals surface area contributed by atoms with Crippen LogP contribution < -0.4 is 0 Å². The molecule has 3 rings (SSSR count). The van der Waals surface area contributed by atoms with Crippen molar-refractivity contribution in [2.45, 2.75) is 57.3 Å². The molecule has 1 aliphatic rings. The summed E-state index contributed by atoms with van der Waals surface area (Å²) in [6.07, 6.45) is 4.12. The number of aliphatic hydroxyl groups excluding tert-OH is 1. The van der Waals surface area contributed by atoms with Gasteiger partial charge in [-0.25, -0.2) is 4.98 Å². The van der Waals surface area contributed by atoms with Crippen LogP contribution in [0.3, 0.4) is 0 Å². The van der Waals surface area contributed by atoms with Crippen molar-refractivity contribution >= 4 is 19.4 Å². The second kappa shape index (κ2) is 6.68. The summed E-state index contributed by atoms with van der Waals surface area (Å²) in [7, 11) is -1.88. The first-order chi connectivity index (χ1) is 11.7. The normalized spacial score (nSPS) is 24.8. The van der Waals surface area contributed by atoms with E-state index in [0.717, 1.165) is 11.0 Å². The Morgan fingerprint density at radius 2 is 1.96 bits per heavy atom. The lowest BCUT2D eigenvalue weighted by Gasteiger charge is -2.38. The Balaban J connectivity index is 1.75. The van der Waals surface area contributed by atoms with Crippen molar-refractivity contribution in [3.63, 3.8) is 0 Å². The van der Waals surface area contributed by atoms with Gasteiger partial charge in [0.1, 0.15) is 12.2 Å². The molecule has 0 bridgehead atoms. The van der Waals surface area contributed by atoms with Gasteiger partial charge in [0.05, 0.1) is 24.0 Å². The van der Waals surface area contributed by atoms with Crippen molar-refractivity contribution in [2.24, 2.45) is 0 Å². The summed E-state index contributed by atoms with van der Waals surface area (Å²) in [5.74, 6) is 0. The van der Waals surface area contributed by atoms with Crippen LogP contribution in [0.25, 0.3) is 11.0 Å². The van der Waals surface area contributed by atoms with Crippen LogP contribution in [0.15, 0.2) is 42.7 Å². The highest BCUT2D eigenvalue weighted by Crippen LogP contribution is 2.37. The van der Waals surface area contributed by atoms with Gasteiger partial charge >= 0.3 is 0 Å². The van der Waals surface area contributed by atoms with Gasteiger partial charge in [0.2, 0.25) is 0 Å². The van der Waals surface area contributed by atoms with Crippen LogP contribution in [0.1, 0.15) is 27.0 Å². The molecule has 25 heavy (non-hydrogen) atoms. The van der Waals surface area contributed by atoms with E-state index in [4.69, 9.17) is 9.16 Å². The van der Waals surface area contributed by atoms with E-state index in [1.54, 1.807) is 12.4 Å². The lowest BCUT2D eigenvalue weighted by molar-refractivity contribution is -0.0997. The molecule has 1 N–H and O–H groups in total. The number of imidazole rings is 1. The van der Waals surface area contributed by atoms with Crippen LogP contribution in [-0.2, 0) is 9.16 Å². The zero-order valence-electron chi connectivity index (χ0n) is 15.6. The van der Waals surface area contributed by atoms with Crippen molar-refractivity contribution in [2.75, 3.05) is 6.61 Å². The van der Waals surface area contributed by atoms with Gasteiger partial charge in [-0.1, -0.05) is 39.0 Å². The van der Waals surface area contributed by atoms with E-state index in [2.05, 4.69) is 38.8 Å². The molecule has 6 heteroatoms. The molecule has 0 radical (unpaired) electrons. The van der Waals surface area contributed by atoms with Gasteiger partial charge in [-0.05, 0) is 36.3 Å². The highest BCUT2D eigenvalue weighted by atomic mass is 28.4. The van der Waals surface area contributed by atoms with Gasteiger partial charge in [-0.3, -0.25) is 0 Å². The summed E-state index contributed by atoms with van der Waals surface area (Å²) in [4.78, 5) is 4.42. The first-order valence-corrected chi connectivity index (χ1v) is 11.7. The van der Waals surface area contributed by atoms with Crippen molar-refractivity contribution in [3.8, 4) is 0 Å². The van der Waals surface area contributed by atoms with Gasteiger partial charge < -0.3 is 18.8 Å². The molecule has 0 fully saturated rings. The first kappa shape index (κ1) is 18.3. The van der Waals surface area contributed by atoms with Crippen LogP contribution in [0.2, 0.25) is 18.1 Å². The molecule has 1 aromatic carbocycles. The fraction of sp³-hybridized carbons (Fsp3) is 0.526. The van der Waals surface area contributed by atoms with Gasteiger partial charge in [-0.15, -0.1) is 0 Å². The number of ether oxygens (including phenoxy) is 1. The molecule has 0 saturated heterocycles. The number of fused-ring (bicyclic) bond motifs is 1. The monoisotopic (exact) mass is 360 g/mol. The zero-order valence-corrected chi connectivity index (χ0v) is 16.6. The van der Waals surface area contributed by atoms with E-state index in [-0.39, 0.29) is 17.4 Å². The molecule has 136 valence electrons. The maximum Gasteiger partial charge on any atom is 0.192 e. The third-order valence-electron chi connectivity index (χ3n) is 5.34. The summed E-state index contributed by atoms with van der Waals surface area (Å²) in [6.45, 7) is 11.4. The molecular weight excluding hydrogens is 332 g/mol. The predicted molar refractivity (Wildman–Crippen MR) is 102 cm³/mol. The Labute approximate surface area is 150 Å². The van der Waals surface area contributed by atoms with Gasteiger partial charge in [-0.2, -0.15) is 0 Å². The fourth-order valence-electron chi connectivity index (χ4n) is 2.62. The number of aliphatic hydroxyl groups is 1. The maximum atomic E-state index is 10.3. The summed E-state index contributed by atoms with van der Waals surface area (Å²) < 4.78 is 14.4. The van der Waals surface area contributed by atoms with Crippen LogP contribution >= 0.6 is 0 Å². The number of nitrogens with zero attached hydrogens (tertiary/aromatic N) is 2. The zero-order chi connectivity index (χ0) is 18.2. The molecule has 3 atom stereocenters. The number of hydrogen-bond donors (Lipinski definition) is 1. The summed E-state index contributed by atoms with van der Waals surface area (Å²) in [5, 5.41) is 10.4. The topological polar surface area (TPSA) is 56.5 Å². The smallest absolute Gasteiger partial charge is 0.192 e. The lowest BCUT2D eigenvalue weighted by atomic mass is 10.1. The van der Waals surface area contributed by atoms with E-state index in [1.165, 1.54) is 0 Å². The van der Waals surface area contributed by atoms with Crippen LogP contribution in [0.4, 0.5) is 0 Å². The highest BCUT2D eigenvalue weighted by Gasteiger charge is 2.39. The fourth-order valence-corrected chi connectivity index (χ4v) is 3.64. The molecule has 2 heterocycles. The predicted octanol–water partition coefficient (Wildman–Crippen LogP) is 3.87. The third-order valence-corrected chi connectivity index (χ3v) is 9.84. The number of para-hydroxylation sites is 2. The molecular formula is C19H28N2O3Si. The van der Waals surface area contributed by atoms with Gasteiger partial charge in [0, 0.05) is 0 Å². The quantitative estimate of drug-likeness (QED) is 0.664. The average molecular weight is 361 g/mol. The number of hydrogen-bond acceptors (Lipinski definition) is 4. The van der Waals surface area contributed by atoms with Gasteiger partial charge in [0.15, 0.2) is 14.5 Å². The maximum absolute atomic E-state index is 10.3. The molecule has 0 spiro atoms. The molecule has 1 aliphatic heterocycles. The molecule has 1 aromatic heterocycles. The Morgan fingerprint density at radius 3 is 2.68 bits per heavy atom. The summed E-state index contributed by atoms with van der Waals surface area (Å²) >= 11 is 0. The van der Waals surface area contributed by atoms with Crippen LogP contribution in [0.5, 0.6) is 0 Å². The van der Waals surface area contributed by atoms with Crippen molar-refractivity contribution < 1.29 is 14.3 Å². The number of aromatic nitrogens is 2. The molecule has 2 aromatic rings. The second-order valence-corrected chi connectivity index (χ2v) is 13.0. The molecule has 0 amide bonds. The average Bonchev–Trinajstić information content (AvgIpc) is 2.97. The third kappa shape index (κ3) is 3.72.